The molecule has 21 heteroatoms. The van der Waals surface area contributed by atoms with E-state index in [1.54, 1.807) is 25.7 Å². The van der Waals surface area contributed by atoms with E-state index in [1.165, 1.54) is 101 Å². The Morgan fingerprint density at radius 3 is 1.05 bits per heavy atom. The summed E-state index contributed by atoms with van der Waals surface area (Å²) >= 11 is 5.60. The quantitative estimate of drug-likeness (QED) is 0.0350. The molecule has 0 bridgehead atoms. The van der Waals surface area contributed by atoms with Crippen molar-refractivity contribution in [3.8, 4) is 22.3 Å². The second-order valence-corrected chi connectivity index (χ2v) is 49.9. The van der Waals surface area contributed by atoms with Crippen LogP contribution in [0.5, 0.6) is 0 Å². The average molecular weight is 2010 g/mol. The molecule has 786 valence electrons. The lowest BCUT2D eigenvalue weighted by Crippen LogP contribution is -2.62. The van der Waals surface area contributed by atoms with Gasteiger partial charge >= 0.3 is 28.8 Å². The van der Waals surface area contributed by atoms with Crippen LogP contribution >= 0.6 is 11.6 Å². The first-order chi connectivity index (χ1) is 69.5. The van der Waals surface area contributed by atoms with Gasteiger partial charge in [0.15, 0.2) is 0 Å². The molecule has 7 aromatic rings. The van der Waals surface area contributed by atoms with Crippen LogP contribution in [0.2, 0.25) is 0 Å². The molecule has 3 heterocycles. The summed E-state index contributed by atoms with van der Waals surface area (Å²) in [7, 11) is 6.01. The lowest BCUT2D eigenvalue weighted by Gasteiger charge is -2.64. The van der Waals surface area contributed by atoms with Crippen LogP contribution in [-0.4, -0.2) is 129 Å². The summed E-state index contributed by atoms with van der Waals surface area (Å²) in [6.07, 6.45) is 33.5. The number of hydrogen-bond donors (Lipinski definition) is 5. The third-order valence-electron chi connectivity index (χ3n) is 42.8. The highest BCUT2D eigenvalue weighted by Crippen LogP contribution is 2.75. The van der Waals surface area contributed by atoms with Crippen LogP contribution in [0.3, 0.4) is 0 Å². The number of rotatable bonds is 20. The van der Waals surface area contributed by atoms with E-state index in [0.717, 1.165) is 157 Å². The molecule has 4 aromatic carbocycles. The number of ether oxygens (including phenoxy) is 2. The summed E-state index contributed by atoms with van der Waals surface area (Å²) in [5.41, 5.74) is 16.1. The minimum Gasteiger partial charge on any atom is -0.465 e. The van der Waals surface area contributed by atoms with Gasteiger partial charge in [-0.15, -0.1) is 0 Å². The van der Waals surface area contributed by atoms with Crippen LogP contribution < -0.4 is 27.9 Å². The number of nitrogens with two attached hydrogens (primary N) is 1. The molecule has 3 unspecified atom stereocenters. The summed E-state index contributed by atoms with van der Waals surface area (Å²) in [4.78, 5) is 103. The van der Waals surface area contributed by atoms with Gasteiger partial charge in [-0.1, -0.05) is 194 Å². The maximum atomic E-state index is 14.2. The molecular formula is C124H167ClN4O16. The van der Waals surface area contributed by atoms with Gasteiger partial charge in [-0.05, 0) is 376 Å². The van der Waals surface area contributed by atoms with Crippen molar-refractivity contribution in [2.75, 3.05) is 34.4 Å². The molecule has 0 saturated heterocycles. The van der Waals surface area contributed by atoms with E-state index in [4.69, 9.17) is 41.4 Å². The van der Waals surface area contributed by atoms with Gasteiger partial charge in [0.05, 0.1) is 60.4 Å². The van der Waals surface area contributed by atoms with E-state index in [1.807, 2.05) is 132 Å². The molecule has 27 atom stereocenters. The van der Waals surface area contributed by atoms with Crippen LogP contribution in [0.4, 0.5) is 0 Å². The molecule has 12 fully saturated rings. The maximum absolute atomic E-state index is 14.2. The number of nitrogens with zero attached hydrogens (tertiary/aromatic N) is 2. The van der Waals surface area contributed by atoms with Crippen LogP contribution in [0.25, 0.3) is 22.3 Å². The largest absolute Gasteiger partial charge is 0.465 e. The fourth-order valence-corrected chi connectivity index (χ4v) is 34.3. The topological polar surface area (TPSA) is 300 Å². The second kappa shape index (κ2) is 42.7. The Kier molecular flexibility index (Phi) is 31.3. The highest BCUT2D eigenvalue weighted by Gasteiger charge is 2.72. The number of carbonyl (C=O) groups is 5. The van der Waals surface area contributed by atoms with Crippen LogP contribution in [0.1, 0.15) is 353 Å². The molecule has 0 radical (unpaired) electrons. The fraction of sp³-hybridized carbons (Fsp3) is 0.645. The van der Waals surface area contributed by atoms with Gasteiger partial charge in [-0.2, -0.15) is 0 Å². The summed E-state index contributed by atoms with van der Waals surface area (Å²) in [5, 5.41) is 40.4. The van der Waals surface area contributed by atoms with Gasteiger partial charge in [-0.25, -0.2) is 14.4 Å². The first-order valence-corrected chi connectivity index (χ1v) is 55.9. The average Bonchev–Trinajstić information content (AvgIpc) is 1.28. The van der Waals surface area contributed by atoms with E-state index >= 15 is 0 Å². The second-order valence-electron chi connectivity index (χ2n) is 49.6. The Bertz CT molecular complexity index is 5880. The molecule has 2 amide bonds. The lowest BCUT2D eigenvalue weighted by atomic mass is 9.43. The Balaban J connectivity index is 0.000000138. The molecule has 14 aliphatic rings. The van der Waals surface area contributed by atoms with E-state index in [0.29, 0.717) is 59.8 Å². The molecule has 20 nitrogen and oxygen atoms in total. The number of carbonyl (C=O) groups excluding carboxylic acids is 5. The van der Waals surface area contributed by atoms with Crippen LogP contribution in [0, 0.1) is 115 Å². The predicted molar refractivity (Wildman–Crippen MR) is 569 cm³/mol. The van der Waals surface area contributed by atoms with Crippen molar-refractivity contribution in [3.05, 3.63) is 222 Å². The smallest absolute Gasteiger partial charge is 0.335 e. The van der Waals surface area contributed by atoms with Gasteiger partial charge in [0.1, 0.15) is 13.2 Å². The normalized spacial score (nSPS) is 35.3. The lowest BCUT2D eigenvalue weighted by molar-refractivity contribution is -0.204. The van der Waals surface area contributed by atoms with Gasteiger partial charge < -0.3 is 58.9 Å². The number of hydrogen-bond acceptors (Lipinski definition) is 18. The highest BCUT2D eigenvalue weighted by atomic mass is 35.5. The molecule has 145 heavy (non-hydrogen) atoms. The number of esters is 2. The molecule has 14 aliphatic carbocycles. The maximum Gasteiger partial charge on any atom is 0.335 e. The molecule has 0 aliphatic heterocycles. The molecule has 0 spiro atoms. The Hall–Kier alpha value is -8.63. The van der Waals surface area contributed by atoms with Gasteiger partial charge in [0.2, 0.25) is 17.1 Å². The summed E-state index contributed by atoms with van der Waals surface area (Å²) in [6.45, 7) is 29.1. The van der Waals surface area contributed by atoms with E-state index < -0.39 is 39.9 Å². The number of halogens is 1. The fourth-order valence-electron chi connectivity index (χ4n) is 33.9. The van der Waals surface area contributed by atoms with E-state index in [2.05, 4.69) is 102 Å². The van der Waals surface area contributed by atoms with Crippen molar-refractivity contribution in [2.45, 2.75) is 354 Å². The molecule has 21 rings (SSSR count). The SMILES string of the molecule is CC(C)[C@@H](CC(=O)OCC1c2ccccc2-c2ccccc21)C(=O)N(C)C1CC[C@@]2(C)[C@H](CC[C@@H]3[C@@H]2CC[C@]2(C)[C@@H](c4ccc(=O)oc4)CC[C@]32O)C1.CC(C)[C@@H](N)C(=O)N(C)C1CC[C@@]2(C)[C@H](CC[C@@H]3[C@@H]2CC[C@]2(C)[C@@H](c4ccc(=O)oc4)CC[C@]32O)C1.CC(C)[C@H](CC(=O)OCC1c2ccccc2-c2ccccc21)C(=O)Cl.CNC1CC[C@@]2(C)[C@H](CC[C@@H]3[C@@H]2CC[C@]2(C)[C@@H](c4ccc(=O)oc4)CC[C@]32O)C1.[2H]CC. The standard InChI is InChI=1S/C46H57NO6.C30H46N2O4.C25H37NO3.C21H21ClO3.C2H6/c1-28(2)36(25-42(49)53-27-37-34-12-8-6-10-32(34)33-11-7-9-13-35(33)37)43(50)47(5)31-18-21-44(3)30(24-31)15-16-40-39(44)19-22-45(4)38(20-23-46(40,45)51)29-14-17-41(48)52-26-29;1-18(2)26(31)27(34)32(5)21-10-13-28(3)20(16-21)7-8-24-23(28)11-14-29(4)22(12-15-30(24,29)35)19-6-9-25(33)36-17-19;1-23-11-8-18(26-3)14-17(23)5-6-21-20(23)9-12-24(2)19(10-13-25(21,24)28)16-4-7-22(27)29-15-16;1-13(2)18(21(22)24)11-20(23)25-12-19-16-9-5-3-7-14(16)15-8-4-6-10-17(15)19;1-2/h6-14,17,26,28,30-31,36-40,51H,15-16,18-25,27H2,1-5H3;6,9,17-18,20-24,26,35H,7-8,10-16,31H2,1-5H3;4,7,15,17-21,26,28H,5-6,8-14H2,1-3H3;3-10,13,18-19H,11-12H2,1-2H3;1-2H3/t30-,31?,36-,38-,39+,40-,44+,45-,46+;20-,21?,22-,23+,24-,26-,28+,29-,30+;17-,18?,19-,20+,21-,23+,24-,25+;18-;/m1110./s1/i;;;;1D. The number of likely N-dealkylation sites (N-methyl/N-ethyl adjacent to an activating group) is 1. The zero-order valence-corrected chi connectivity index (χ0v) is 90.1. The first-order valence-electron chi connectivity index (χ1n) is 56.3. The third kappa shape index (κ3) is 19.3. The van der Waals surface area contributed by atoms with Crippen molar-refractivity contribution >= 4 is 40.6 Å². The molecular weight excluding hydrogens is 1840 g/mol. The van der Waals surface area contributed by atoms with Crippen LogP contribution in [-0.2, 0) is 33.4 Å². The number of aliphatic hydroxyl groups is 3. The Labute approximate surface area is 867 Å². The first kappa shape index (κ1) is 106. The zero-order chi connectivity index (χ0) is 104. The Morgan fingerprint density at radius 1 is 0.421 bits per heavy atom. The number of fused-ring (bicyclic) bond motifs is 21. The number of amides is 2. The van der Waals surface area contributed by atoms with Gasteiger partial charge in [0.25, 0.3) is 0 Å². The minimum absolute atomic E-state index is 0.00410. The summed E-state index contributed by atoms with van der Waals surface area (Å²) in [5.74, 6) is 3.81. The minimum atomic E-state index is -0.738. The van der Waals surface area contributed by atoms with Crippen molar-refractivity contribution in [1.82, 2.24) is 15.1 Å². The number of nitrogens with one attached hydrogen (secondary N) is 1. The third-order valence-corrected chi connectivity index (χ3v) is 43.1. The van der Waals surface area contributed by atoms with E-state index in [-0.39, 0.29) is 159 Å². The molecule has 12 saturated carbocycles. The number of benzene rings is 4. The van der Waals surface area contributed by atoms with E-state index in [9.17, 15) is 53.7 Å². The van der Waals surface area contributed by atoms with Crippen molar-refractivity contribution in [1.29, 1.82) is 0 Å². The monoisotopic (exact) mass is 2000 g/mol. The highest BCUT2D eigenvalue weighted by molar-refractivity contribution is 6.64. The van der Waals surface area contributed by atoms with Crippen LogP contribution in [0.15, 0.2) is 180 Å². The van der Waals surface area contributed by atoms with Crippen molar-refractivity contribution in [3.63, 3.8) is 0 Å². The zero-order valence-electron chi connectivity index (χ0n) is 90.3. The van der Waals surface area contributed by atoms with Crippen molar-refractivity contribution < 1.29 is 63.4 Å². The summed E-state index contributed by atoms with van der Waals surface area (Å²) in [6, 6.07) is 44.0. The van der Waals surface area contributed by atoms with Gasteiger partial charge in [0, 0.05) is 85.8 Å². The molecule has 6 N–H and O–H groups in total. The molecule has 3 aromatic heterocycles. The predicted octanol–water partition coefficient (Wildman–Crippen LogP) is 23.7. The van der Waals surface area contributed by atoms with Crippen molar-refractivity contribution in [2.24, 2.45) is 121 Å². The summed E-state index contributed by atoms with van der Waals surface area (Å²) < 4.78 is 33.4. The Morgan fingerprint density at radius 2 is 0.738 bits per heavy atom. The van der Waals surface area contributed by atoms with Gasteiger partial charge in [-0.3, -0.25) is 24.0 Å².